The van der Waals surface area contributed by atoms with E-state index in [0.717, 1.165) is 0 Å². The molecule has 25 heavy (non-hydrogen) atoms. The lowest BCUT2D eigenvalue weighted by molar-refractivity contribution is 0.728. The minimum atomic E-state index is 0.590. The molecule has 0 nitrogen and oxygen atoms in total. The number of aryl methyl sites for hydroxylation is 1. The lowest BCUT2D eigenvalue weighted by Gasteiger charge is -2.16. The summed E-state index contributed by atoms with van der Waals surface area (Å²) in [4.78, 5) is 0. The molecule has 0 N–H and O–H groups in total. The van der Waals surface area contributed by atoms with Crippen LogP contribution < -0.4 is 0 Å². The van der Waals surface area contributed by atoms with Crippen molar-refractivity contribution >= 4 is 21.5 Å². The van der Waals surface area contributed by atoms with Crippen LogP contribution >= 0.6 is 0 Å². The molecule has 0 bridgehead atoms. The van der Waals surface area contributed by atoms with Crippen LogP contribution in [0.15, 0.2) is 72.8 Å². The van der Waals surface area contributed by atoms with Gasteiger partial charge in [-0.15, -0.1) is 0 Å². The van der Waals surface area contributed by atoms with Crippen molar-refractivity contribution in [1.82, 2.24) is 0 Å². The minimum absolute atomic E-state index is 0.590. The molecule has 124 valence electrons. The first kappa shape index (κ1) is 15.9. The highest BCUT2D eigenvalue weighted by molar-refractivity contribution is 6.13. The largest absolute Gasteiger partial charge is 0.0648 e. The van der Waals surface area contributed by atoms with E-state index in [-0.39, 0.29) is 0 Å². The van der Waals surface area contributed by atoms with Crippen molar-refractivity contribution in [1.29, 1.82) is 0 Å². The van der Waals surface area contributed by atoms with E-state index in [1.54, 1.807) is 0 Å². The second kappa shape index (κ2) is 6.37. The standard InChI is InChI=1S/C25H24/c1-4-17(2)24-15-20(14-13-18(24)3)25-16-19-9-5-6-10-21(19)22-11-7-8-12-23(22)25/h5-17H,4H2,1-3H3. The van der Waals surface area contributed by atoms with Crippen LogP contribution in [-0.2, 0) is 0 Å². The van der Waals surface area contributed by atoms with Gasteiger partial charge in [0, 0.05) is 0 Å². The number of hydrogen-bond acceptors (Lipinski definition) is 0. The smallest absolute Gasteiger partial charge is 0.00989 e. The van der Waals surface area contributed by atoms with E-state index in [1.807, 2.05) is 0 Å². The van der Waals surface area contributed by atoms with E-state index in [9.17, 15) is 0 Å². The second-order valence-electron chi connectivity index (χ2n) is 7.07. The summed E-state index contributed by atoms with van der Waals surface area (Å²) in [6, 6.07) is 26.8. The van der Waals surface area contributed by atoms with Gasteiger partial charge in [-0.05, 0) is 69.1 Å². The Bertz CT molecular complexity index is 1060. The van der Waals surface area contributed by atoms with Crippen LogP contribution in [0.5, 0.6) is 0 Å². The first-order valence-electron chi connectivity index (χ1n) is 9.20. The van der Waals surface area contributed by atoms with Gasteiger partial charge in [-0.3, -0.25) is 0 Å². The van der Waals surface area contributed by atoms with Crippen LogP contribution in [0.25, 0.3) is 32.7 Å². The summed E-state index contributed by atoms with van der Waals surface area (Å²) in [5.41, 5.74) is 5.52. The Morgan fingerprint density at radius 3 is 2.20 bits per heavy atom. The van der Waals surface area contributed by atoms with Crippen molar-refractivity contribution < 1.29 is 0 Å². The summed E-state index contributed by atoms with van der Waals surface area (Å²) >= 11 is 0. The fourth-order valence-corrected chi connectivity index (χ4v) is 3.85. The zero-order chi connectivity index (χ0) is 17.4. The van der Waals surface area contributed by atoms with Gasteiger partial charge in [0.15, 0.2) is 0 Å². The van der Waals surface area contributed by atoms with Crippen LogP contribution in [0, 0.1) is 6.92 Å². The maximum Gasteiger partial charge on any atom is -0.00989 e. The molecule has 0 amide bonds. The molecular weight excluding hydrogens is 300 g/mol. The van der Waals surface area contributed by atoms with E-state index in [1.165, 1.54) is 50.2 Å². The minimum Gasteiger partial charge on any atom is -0.0648 e. The van der Waals surface area contributed by atoms with Crippen LogP contribution in [-0.4, -0.2) is 0 Å². The first-order chi connectivity index (χ1) is 12.2. The van der Waals surface area contributed by atoms with Crippen LogP contribution in [0.2, 0.25) is 0 Å². The number of benzene rings is 4. The number of fused-ring (bicyclic) bond motifs is 3. The Hall–Kier alpha value is -2.60. The molecule has 0 heteroatoms. The number of hydrogen-bond donors (Lipinski definition) is 0. The van der Waals surface area contributed by atoms with E-state index < -0.39 is 0 Å². The van der Waals surface area contributed by atoms with Gasteiger partial charge < -0.3 is 0 Å². The summed E-state index contributed by atoms with van der Waals surface area (Å²) in [5, 5.41) is 5.30. The Kier molecular flexibility index (Phi) is 4.05. The zero-order valence-electron chi connectivity index (χ0n) is 15.2. The maximum absolute atomic E-state index is 2.40. The van der Waals surface area contributed by atoms with Crippen LogP contribution in [0.3, 0.4) is 0 Å². The van der Waals surface area contributed by atoms with Crippen molar-refractivity contribution in [2.24, 2.45) is 0 Å². The van der Waals surface area contributed by atoms with Crippen LogP contribution in [0.4, 0.5) is 0 Å². The third-order valence-corrected chi connectivity index (χ3v) is 5.50. The summed E-state index contributed by atoms with van der Waals surface area (Å²) in [7, 11) is 0. The van der Waals surface area contributed by atoms with Gasteiger partial charge in [0.05, 0.1) is 0 Å². The van der Waals surface area contributed by atoms with E-state index >= 15 is 0 Å². The van der Waals surface area contributed by atoms with Gasteiger partial charge in [-0.2, -0.15) is 0 Å². The fourth-order valence-electron chi connectivity index (χ4n) is 3.85. The summed E-state index contributed by atoms with van der Waals surface area (Å²) in [6.45, 7) is 6.82. The van der Waals surface area contributed by atoms with Crippen molar-refractivity contribution in [3.05, 3.63) is 83.9 Å². The Balaban J connectivity index is 2.03. The summed E-state index contributed by atoms with van der Waals surface area (Å²) < 4.78 is 0. The first-order valence-corrected chi connectivity index (χ1v) is 9.20. The van der Waals surface area contributed by atoms with Gasteiger partial charge >= 0.3 is 0 Å². The molecule has 0 saturated carbocycles. The highest BCUT2D eigenvalue weighted by Gasteiger charge is 2.12. The fraction of sp³-hybridized carbons (Fsp3) is 0.200. The SMILES string of the molecule is CCC(C)c1cc(-c2cc3ccccc3c3ccccc23)ccc1C. The molecule has 0 aliphatic carbocycles. The molecule has 4 aromatic rings. The van der Waals surface area contributed by atoms with Gasteiger partial charge in [0.1, 0.15) is 0 Å². The zero-order valence-corrected chi connectivity index (χ0v) is 15.2. The predicted octanol–water partition coefficient (Wildman–Crippen LogP) is 7.48. The van der Waals surface area contributed by atoms with E-state index in [2.05, 4.69) is 93.6 Å². The maximum atomic E-state index is 2.40. The highest BCUT2D eigenvalue weighted by Crippen LogP contribution is 2.36. The van der Waals surface area contributed by atoms with Gasteiger partial charge in [0.25, 0.3) is 0 Å². The predicted molar refractivity (Wildman–Crippen MR) is 110 cm³/mol. The third-order valence-electron chi connectivity index (χ3n) is 5.50. The molecule has 0 aliphatic rings. The van der Waals surface area contributed by atoms with Crippen molar-refractivity contribution in [3.8, 4) is 11.1 Å². The van der Waals surface area contributed by atoms with Crippen molar-refractivity contribution in [2.45, 2.75) is 33.1 Å². The quantitative estimate of drug-likeness (QED) is 0.343. The monoisotopic (exact) mass is 324 g/mol. The second-order valence-corrected chi connectivity index (χ2v) is 7.07. The third kappa shape index (κ3) is 2.72. The highest BCUT2D eigenvalue weighted by atomic mass is 14.2. The molecule has 4 rings (SSSR count). The molecule has 4 aromatic carbocycles. The lowest BCUT2D eigenvalue weighted by atomic mass is 9.88. The normalized spacial score (nSPS) is 12.6. The molecule has 0 aromatic heterocycles. The molecule has 1 atom stereocenters. The number of rotatable bonds is 3. The Morgan fingerprint density at radius 1 is 0.760 bits per heavy atom. The Morgan fingerprint density at radius 2 is 1.44 bits per heavy atom. The van der Waals surface area contributed by atoms with Crippen molar-refractivity contribution in [2.75, 3.05) is 0 Å². The van der Waals surface area contributed by atoms with Gasteiger partial charge in [-0.1, -0.05) is 80.6 Å². The lowest BCUT2D eigenvalue weighted by Crippen LogP contribution is -1.96. The summed E-state index contributed by atoms with van der Waals surface area (Å²) in [5.74, 6) is 0.590. The topological polar surface area (TPSA) is 0 Å². The van der Waals surface area contributed by atoms with Crippen LogP contribution in [0.1, 0.15) is 37.3 Å². The molecule has 0 spiro atoms. The van der Waals surface area contributed by atoms with E-state index in [0.29, 0.717) is 5.92 Å². The Labute approximate surface area is 150 Å². The molecule has 0 heterocycles. The van der Waals surface area contributed by atoms with Gasteiger partial charge in [0.2, 0.25) is 0 Å². The average molecular weight is 324 g/mol. The molecule has 1 unspecified atom stereocenters. The molecule has 0 fully saturated rings. The molecule has 0 saturated heterocycles. The molecular formula is C25H24. The molecule has 0 radical (unpaired) electrons. The summed E-state index contributed by atoms with van der Waals surface area (Å²) in [6.07, 6.45) is 1.17. The van der Waals surface area contributed by atoms with Crippen molar-refractivity contribution in [3.63, 3.8) is 0 Å². The average Bonchev–Trinajstić information content (AvgIpc) is 2.67. The molecule has 0 aliphatic heterocycles. The van der Waals surface area contributed by atoms with Gasteiger partial charge in [-0.25, -0.2) is 0 Å². The van der Waals surface area contributed by atoms with E-state index in [4.69, 9.17) is 0 Å².